The van der Waals surface area contributed by atoms with E-state index in [0.29, 0.717) is 0 Å². The van der Waals surface area contributed by atoms with Gasteiger partial charge in [0.2, 0.25) is 0 Å². The molecule has 0 amide bonds. The van der Waals surface area contributed by atoms with Crippen molar-refractivity contribution in [2.24, 2.45) is 5.18 Å². The topological polar surface area (TPSA) is 112 Å². The van der Waals surface area contributed by atoms with Crippen LogP contribution in [-0.2, 0) is 0 Å². The highest BCUT2D eigenvalue weighted by atomic mass is 16.6. The zero-order valence-corrected chi connectivity index (χ0v) is 10.0. The van der Waals surface area contributed by atoms with E-state index < -0.39 is 10.8 Å². The fourth-order valence-electron chi connectivity index (χ4n) is 1.52. The lowest BCUT2D eigenvalue weighted by Crippen LogP contribution is -2.11. The van der Waals surface area contributed by atoms with Gasteiger partial charge in [0.15, 0.2) is 0 Å². The minimum absolute atomic E-state index is 0.000419. The Bertz CT molecular complexity index is 668. The number of benzene rings is 1. The van der Waals surface area contributed by atoms with Gasteiger partial charge in [-0.3, -0.25) is 10.1 Å². The van der Waals surface area contributed by atoms with Crippen LogP contribution >= 0.6 is 0 Å². The lowest BCUT2D eigenvalue weighted by atomic mass is 10.2. The standard InChI is InChI=1S/C12H8N4O4/c17-14-12(15(18)11-3-1-2-8-13-11)9-4-6-10(7-5-9)16(19)20/h1-8H/b15-12+. The maximum Gasteiger partial charge on any atom is 0.319 e. The van der Waals surface area contributed by atoms with Crippen LogP contribution in [0.2, 0.25) is 0 Å². The summed E-state index contributed by atoms with van der Waals surface area (Å²) in [6.07, 6.45) is 1.40. The van der Waals surface area contributed by atoms with Crippen molar-refractivity contribution in [2.75, 3.05) is 0 Å². The second-order valence-corrected chi connectivity index (χ2v) is 3.70. The number of hydrogen-bond donors (Lipinski definition) is 0. The van der Waals surface area contributed by atoms with Gasteiger partial charge in [-0.2, -0.15) is 0 Å². The molecule has 20 heavy (non-hydrogen) atoms. The molecule has 0 aliphatic carbocycles. The molecule has 0 saturated heterocycles. The van der Waals surface area contributed by atoms with E-state index in [1.807, 2.05) is 0 Å². The zero-order valence-electron chi connectivity index (χ0n) is 10.0. The average molecular weight is 272 g/mol. The van der Waals surface area contributed by atoms with E-state index in [0.717, 1.165) is 0 Å². The van der Waals surface area contributed by atoms with Gasteiger partial charge in [0.1, 0.15) is 11.4 Å². The molecule has 8 heteroatoms. The van der Waals surface area contributed by atoms with E-state index in [4.69, 9.17) is 0 Å². The Morgan fingerprint density at radius 3 is 2.30 bits per heavy atom. The number of hydrogen-bond acceptors (Lipinski definition) is 5. The van der Waals surface area contributed by atoms with Gasteiger partial charge < -0.3 is 5.21 Å². The highest BCUT2D eigenvalue weighted by Crippen LogP contribution is 2.15. The van der Waals surface area contributed by atoms with E-state index in [2.05, 4.69) is 10.2 Å². The summed E-state index contributed by atoms with van der Waals surface area (Å²) in [6, 6.07) is 9.57. The molecule has 0 bridgehead atoms. The lowest BCUT2D eigenvalue weighted by molar-refractivity contribution is -0.384. The van der Waals surface area contributed by atoms with Crippen molar-refractivity contribution in [1.82, 2.24) is 4.98 Å². The average Bonchev–Trinajstić information content (AvgIpc) is 2.49. The Morgan fingerprint density at radius 2 is 1.80 bits per heavy atom. The fraction of sp³-hybridized carbons (Fsp3) is 0. The summed E-state index contributed by atoms with van der Waals surface area (Å²) < 4.78 is 0.272. The molecule has 2 aromatic rings. The Balaban J connectivity index is 2.47. The summed E-state index contributed by atoms with van der Waals surface area (Å²) >= 11 is 0. The summed E-state index contributed by atoms with van der Waals surface area (Å²) in [5.74, 6) is -0.418. The summed E-state index contributed by atoms with van der Waals surface area (Å²) in [6.45, 7) is 0. The smallest absolute Gasteiger partial charge is 0.319 e. The fourth-order valence-corrected chi connectivity index (χ4v) is 1.52. The van der Waals surface area contributed by atoms with Gasteiger partial charge in [-0.15, -0.1) is 4.98 Å². The molecular formula is C12H8N4O4. The molecule has 0 atom stereocenters. The Labute approximate surface area is 112 Å². The van der Waals surface area contributed by atoms with Crippen molar-refractivity contribution < 1.29 is 9.66 Å². The summed E-state index contributed by atoms with van der Waals surface area (Å²) in [5, 5.41) is 25.2. The molecule has 1 aromatic heterocycles. The Kier molecular flexibility index (Phi) is 3.75. The molecule has 8 nitrogen and oxygen atoms in total. The van der Waals surface area contributed by atoms with Crippen molar-refractivity contribution in [3.8, 4) is 0 Å². The van der Waals surface area contributed by atoms with Gasteiger partial charge in [-0.1, -0.05) is 11.0 Å². The second kappa shape index (κ2) is 5.65. The van der Waals surface area contributed by atoms with E-state index in [9.17, 15) is 20.2 Å². The molecule has 0 aliphatic rings. The van der Waals surface area contributed by atoms with Gasteiger partial charge in [0.05, 0.1) is 10.5 Å². The van der Waals surface area contributed by atoms with E-state index >= 15 is 0 Å². The van der Waals surface area contributed by atoms with Crippen LogP contribution in [0.5, 0.6) is 0 Å². The van der Waals surface area contributed by atoms with Crippen LogP contribution in [0.1, 0.15) is 5.56 Å². The Morgan fingerprint density at radius 1 is 1.10 bits per heavy atom. The van der Waals surface area contributed by atoms with Crippen LogP contribution in [-0.4, -0.2) is 20.5 Å². The first-order chi connectivity index (χ1) is 9.63. The number of nitro groups is 1. The summed E-state index contributed by atoms with van der Waals surface area (Å²) in [7, 11) is 0. The molecular weight excluding hydrogens is 264 g/mol. The van der Waals surface area contributed by atoms with Crippen molar-refractivity contribution >= 4 is 17.3 Å². The first kappa shape index (κ1) is 13.3. The molecule has 0 fully saturated rings. The van der Waals surface area contributed by atoms with E-state index in [1.54, 1.807) is 12.1 Å². The quantitative estimate of drug-likeness (QED) is 0.162. The number of non-ortho nitro benzene ring substituents is 1. The van der Waals surface area contributed by atoms with Gasteiger partial charge in [0.25, 0.3) is 11.5 Å². The molecule has 2 rings (SSSR count). The van der Waals surface area contributed by atoms with Crippen LogP contribution < -0.4 is 0 Å². The van der Waals surface area contributed by atoms with Crippen LogP contribution in [0.4, 0.5) is 11.5 Å². The van der Waals surface area contributed by atoms with Gasteiger partial charge in [-0.25, -0.2) is 4.74 Å². The van der Waals surface area contributed by atoms with Gasteiger partial charge >= 0.3 is 5.84 Å². The Hall–Kier alpha value is -3.16. The molecule has 0 unspecified atom stereocenters. The highest BCUT2D eigenvalue weighted by Gasteiger charge is 2.15. The predicted molar refractivity (Wildman–Crippen MR) is 70.5 cm³/mol. The maximum atomic E-state index is 12.0. The molecule has 0 aliphatic heterocycles. The molecule has 0 saturated carbocycles. The third-order valence-corrected chi connectivity index (χ3v) is 2.47. The number of nitroso groups, excluding NO2 is 1. The van der Waals surface area contributed by atoms with Crippen molar-refractivity contribution in [3.05, 3.63) is 74.5 Å². The third kappa shape index (κ3) is 2.64. The lowest BCUT2D eigenvalue weighted by Gasteiger charge is -2.09. The van der Waals surface area contributed by atoms with Crippen LogP contribution in [0.25, 0.3) is 0 Å². The molecule has 1 heterocycles. The number of pyridine rings is 1. The molecule has 1 aromatic carbocycles. The highest BCUT2D eigenvalue weighted by molar-refractivity contribution is 5.96. The van der Waals surface area contributed by atoms with Crippen molar-refractivity contribution in [3.63, 3.8) is 0 Å². The van der Waals surface area contributed by atoms with Crippen molar-refractivity contribution in [2.45, 2.75) is 0 Å². The second-order valence-electron chi connectivity index (χ2n) is 3.70. The molecule has 0 spiro atoms. The minimum atomic E-state index is -0.578. The van der Waals surface area contributed by atoms with E-state index in [-0.39, 0.29) is 21.8 Å². The summed E-state index contributed by atoms with van der Waals surface area (Å²) in [5.41, 5.74) is 0.0283. The SMILES string of the molecule is O=N/C(c1ccc([N+](=O)[O-])cc1)=[N+](/[O-])c1ccccn1. The van der Waals surface area contributed by atoms with E-state index in [1.165, 1.54) is 36.5 Å². The number of nitro benzene ring substituents is 1. The van der Waals surface area contributed by atoms with Gasteiger partial charge in [0, 0.05) is 18.2 Å². The number of aromatic nitrogens is 1. The molecule has 100 valence electrons. The zero-order chi connectivity index (χ0) is 14.5. The normalized spacial score (nSPS) is 11.6. The van der Waals surface area contributed by atoms with Crippen LogP contribution in [0.15, 0.2) is 53.8 Å². The van der Waals surface area contributed by atoms with Crippen LogP contribution in [0, 0.1) is 20.2 Å². The predicted octanol–water partition coefficient (Wildman–Crippen LogP) is 2.34. The van der Waals surface area contributed by atoms with Crippen molar-refractivity contribution in [1.29, 1.82) is 0 Å². The molecule has 0 radical (unpaired) electrons. The number of amidine groups is 1. The van der Waals surface area contributed by atoms with Gasteiger partial charge in [-0.05, 0) is 18.2 Å². The number of nitrogens with zero attached hydrogens (tertiary/aromatic N) is 4. The minimum Gasteiger partial charge on any atom is -0.740 e. The third-order valence-electron chi connectivity index (χ3n) is 2.47. The largest absolute Gasteiger partial charge is 0.740 e. The summed E-state index contributed by atoms with van der Waals surface area (Å²) in [4.78, 5) is 24.6. The monoisotopic (exact) mass is 272 g/mol. The van der Waals surface area contributed by atoms with Crippen LogP contribution in [0.3, 0.4) is 0 Å². The first-order valence-electron chi connectivity index (χ1n) is 5.47. The molecule has 0 N–H and O–H groups in total. The maximum absolute atomic E-state index is 12.0. The first-order valence-corrected chi connectivity index (χ1v) is 5.47. The number of rotatable bonds is 3.